The van der Waals surface area contributed by atoms with Crippen molar-refractivity contribution < 1.29 is 5.11 Å². The molecule has 1 aliphatic rings. The van der Waals surface area contributed by atoms with Crippen LogP contribution >= 0.6 is 11.3 Å². The molecule has 0 saturated carbocycles. The summed E-state index contributed by atoms with van der Waals surface area (Å²) in [6.45, 7) is 1.13. The van der Waals surface area contributed by atoms with Crippen LogP contribution in [0.1, 0.15) is 29.2 Å². The number of anilines is 1. The first-order chi connectivity index (χ1) is 9.24. The van der Waals surface area contributed by atoms with Crippen LogP contribution in [0.15, 0.2) is 35.0 Å². The second-order valence-electron chi connectivity index (χ2n) is 5.26. The quantitative estimate of drug-likeness (QED) is 0.926. The summed E-state index contributed by atoms with van der Waals surface area (Å²) >= 11 is 1.68. The molecule has 0 spiro atoms. The van der Waals surface area contributed by atoms with E-state index in [1.165, 1.54) is 23.2 Å². The van der Waals surface area contributed by atoms with Crippen molar-refractivity contribution in [1.82, 2.24) is 0 Å². The lowest BCUT2D eigenvalue weighted by molar-refractivity contribution is 0.178. The zero-order chi connectivity index (χ0) is 13.2. The van der Waals surface area contributed by atoms with Gasteiger partial charge in [-0.2, -0.15) is 11.3 Å². The molecule has 1 aliphatic heterocycles. The zero-order valence-corrected chi connectivity index (χ0v) is 12.0. The summed E-state index contributed by atoms with van der Waals surface area (Å²) in [6, 6.07) is 8.49. The predicted molar refractivity (Wildman–Crippen MR) is 81.0 cm³/mol. The highest BCUT2D eigenvalue weighted by Crippen LogP contribution is 2.29. The molecule has 1 aromatic heterocycles. The number of aryl methyl sites for hydroxylation is 1. The molecule has 1 aromatic carbocycles. The minimum atomic E-state index is -0.396. The Labute approximate surface area is 118 Å². The molecule has 1 atom stereocenters. The van der Waals surface area contributed by atoms with Gasteiger partial charge in [-0.15, -0.1) is 0 Å². The summed E-state index contributed by atoms with van der Waals surface area (Å²) in [5.74, 6) is 0. The fourth-order valence-electron chi connectivity index (χ4n) is 2.76. The van der Waals surface area contributed by atoms with Gasteiger partial charge in [0.1, 0.15) is 0 Å². The van der Waals surface area contributed by atoms with Crippen LogP contribution in [0.3, 0.4) is 0 Å². The molecular weight excluding hydrogens is 254 g/mol. The summed E-state index contributed by atoms with van der Waals surface area (Å²) in [6.07, 6.45) is 2.64. The van der Waals surface area contributed by atoms with Crippen molar-refractivity contribution in [3.63, 3.8) is 0 Å². The minimum Gasteiger partial charge on any atom is -0.388 e. The summed E-state index contributed by atoms with van der Waals surface area (Å²) in [7, 11) is 2.14. The van der Waals surface area contributed by atoms with Gasteiger partial charge in [0.05, 0.1) is 6.10 Å². The second-order valence-corrected chi connectivity index (χ2v) is 6.04. The maximum absolute atomic E-state index is 10.4. The van der Waals surface area contributed by atoms with Gasteiger partial charge in [0.2, 0.25) is 0 Å². The number of benzene rings is 1. The summed E-state index contributed by atoms with van der Waals surface area (Å²) in [5, 5.41) is 14.5. The third-order valence-electron chi connectivity index (χ3n) is 3.85. The second kappa shape index (κ2) is 5.35. The Hall–Kier alpha value is -1.32. The summed E-state index contributed by atoms with van der Waals surface area (Å²) < 4.78 is 0. The van der Waals surface area contributed by atoms with Gasteiger partial charge in [0.15, 0.2) is 0 Å². The van der Waals surface area contributed by atoms with Crippen LogP contribution in [-0.4, -0.2) is 18.7 Å². The third kappa shape index (κ3) is 2.67. The molecule has 0 saturated heterocycles. The van der Waals surface area contributed by atoms with E-state index in [0.717, 1.165) is 18.5 Å². The van der Waals surface area contributed by atoms with Crippen LogP contribution in [0.5, 0.6) is 0 Å². The highest BCUT2D eigenvalue weighted by atomic mass is 32.1. The van der Waals surface area contributed by atoms with E-state index in [1.807, 2.05) is 0 Å². The molecule has 0 fully saturated rings. The Morgan fingerprint density at radius 1 is 1.37 bits per heavy atom. The van der Waals surface area contributed by atoms with Gasteiger partial charge < -0.3 is 10.0 Å². The molecule has 0 amide bonds. The van der Waals surface area contributed by atoms with E-state index in [9.17, 15) is 5.11 Å². The van der Waals surface area contributed by atoms with Crippen LogP contribution in [0, 0.1) is 0 Å². The first kappa shape index (κ1) is 12.7. The Bertz CT molecular complexity index is 550. The van der Waals surface area contributed by atoms with Crippen molar-refractivity contribution >= 4 is 17.0 Å². The molecule has 2 nitrogen and oxygen atoms in total. The highest BCUT2D eigenvalue weighted by molar-refractivity contribution is 7.07. The highest BCUT2D eigenvalue weighted by Gasteiger charge is 2.16. The van der Waals surface area contributed by atoms with E-state index in [4.69, 9.17) is 0 Å². The standard InChI is InChI=1S/C16H19NOS/c1-17-7-2-3-13-10-14(4-5-15(13)17)16(18)9-12-6-8-19-11-12/h4-6,8,10-11,16,18H,2-3,7,9H2,1H3. The van der Waals surface area contributed by atoms with Gasteiger partial charge in [-0.1, -0.05) is 12.1 Å². The van der Waals surface area contributed by atoms with Crippen LogP contribution in [0.25, 0.3) is 0 Å². The molecule has 3 rings (SSSR count). The molecule has 3 heteroatoms. The maximum atomic E-state index is 10.4. The number of nitrogens with zero attached hydrogens (tertiary/aromatic N) is 1. The Morgan fingerprint density at radius 2 is 2.26 bits per heavy atom. The number of fused-ring (bicyclic) bond motifs is 1. The SMILES string of the molecule is CN1CCCc2cc(C(O)Cc3ccsc3)ccc21. The fraction of sp³-hybridized carbons (Fsp3) is 0.375. The molecule has 0 aliphatic carbocycles. The third-order valence-corrected chi connectivity index (χ3v) is 4.58. The van der Waals surface area contributed by atoms with Crippen molar-refractivity contribution in [2.45, 2.75) is 25.4 Å². The summed E-state index contributed by atoms with van der Waals surface area (Å²) in [4.78, 5) is 2.30. The van der Waals surface area contributed by atoms with Gasteiger partial charge in [-0.05, 0) is 52.4 Å². The molecule has 0 radical (unpaired) electrons. The van der Waals surface area contributed by atoms with Crippen molar-refractivity contribution in [3.05, 3.63) is 51.7 Å². The predicted octanol–water partition coefficient (Wildman–Crippen LogP) is 3.41. The summed E-state index contributed by atoms with van der Waals surface area (Å²) in [5.41, 5.74) is 4.95. The van der Waals surface area contributed by atoms with Gasteiger partial charge in [0, 0.05) is 25.7 Å². The fourth-order valence-corrected chi connectivity index (χ4v) is 3.44. The van der Waals surface area contributed by atoms with Crippen LogP contribution in [0.4, 0.5) is 5.69 Å². The number of hydrogen-bond donors (Lipinski definition) is 1. The number of aliphatic hydroxyl groups is 1. The lowest BCUT2D eigenvalue weighted by Crippen LogP contribution is -2.24. The monoisotopic (exact) mass is 273 g/mol. The van der Waals surface area contributed by atoms with E-state index in [-0.39, 0.29) is 0 Å². The molecule has 2 aromatic rings. The van der Waals surface area contributed by atoms with Crippen LogP contribution in [0.2, 0.25) is 0 Å². The number of rotatable bonds is 3. The Morgan fingerprint density at radius 3 is 3.05 bits per heavy atom. The molecule has 1 unspecified atom stereocenters. The van der Waals surface area contributed by atoms with E-state index in [2.05, 4.69) is 47.0 Å². The van der Waals surface area contributed by atoms with Gasteiger partial charge in [-0.25, -0.2) is 0 Å². The van der Waals surface area contributed by atoms with Gasteiger partial charge in [-0.3, -0.25) is 0 Å². The molecule has 1 N–H and O–H groups in total. The van der Waals surface area contributed by atoms with Gasteiger partial charge >= 0.3 is 0 Å². The van der Waals surface area contributed by atoms with Crippen LogP contribution in [-0.2, 0) is 12.8 Å². The first-order valence-electron chi connectivity index (χ1n) is 6.77. The Balaban J connectivity index is 1.81. The normalized spacial score (nSPS) is 16.2. The van der Waals surface area contributed by atoms with E-state index in [0.29, 0.717) is 6.42 Å². The molecule has 100 valence electrons. The van der Waals surface area contributed by atoms with Crippen molar-refractivity contribution in [1.29, 1.82) is 0 Å². The molecule has 0 bridgehead atoms. The average Bonchev–Trinajstić information content (AvgIpc) is 2.91. The van der Waals surface area contributed by atoms with Crippen LogP contribution < -0.4 is 4.90 Å². The van der Waals surface area contributed by atoms with Gasteiger partial charge in [0.25, 0.3) is 0 Å². The lowest BCUT2D eigenvalue weighted by Gasteiger charge is -2.28. The maximum Gasteiger partial charge on any atom is 0.0830 e. The number of aliphatic hydroxyl groups excluding tert-OH is 1. The van der Waals surface area contributed by atoms with Crippen molar-refractivity contribution in [3.8, 4) is 0 Å². The molecule has 19 heavy (non-hydrogen) atoms. The Kier molecular flexibility index (Phi) is 3.58. The molecule has 2 heterocycles. The number of thiophene rings is 1. The van der Waals surface area contributed by atoms with E-state index < -0.39 is 6.10 Å². The van der Waals surface area contributed by atoms with Crippen molar-refractivity contribution in [2.75, 3.05) is 18.5 Å². The van der Waals surface area contributed by atoms with Crippen molar-refractivity contribution in [2.24, 2.45) is 0 Å². The smallest absolute Gasteiger partial charge is 0.0830 e. The molecular formula is C16H19NOS. The topological polar surface area (TPSA) is 23.5 Å². The van der Waals surface area contributed by atoms with E-state index >= 15 is 0 Å². The average molecular weight is 273 g/mol. The van der Waals surface area contributed by atoms with E-state index in [1.54, 1.807) is 11.3 Å². The number of hydrogen-bond acceptors (Lipinski definition) is 3. The zero-order valence-electron chi connectivity index (χ0n) is 11.2. The minimum absolute atomic E-state index is 0.396. The first-order valence-corrected chi connectivity index (χ1v) is 7.71. The lowest BCUT2D eigenvalue weighted by atomic mass is 9.96. The largest absolute Gasteiger partial charge is 0.388 e.